The molecule has 1 heterocycles. The molecular formula is C16H22O3. The molecule has 3 nitrogen and oxygen atoms in total. The van der Waals surface area contributed by atoms with Gasteiger partial charge in [0.2, 0.25) is 0 Å². The lowest BCUT2D eigenvalue weighted by atomic mass is 9.92. The number of allylic oxidation sites excluding steroid dienone is 1. The fourth-order valence-corrected chi connectivity index (χ4v) is 2.30. The van der Waals surface area contributed by atoms with Crippen molar-refractivity contribution in [2.45, 2.75) is 44.8 Å². The Bertz CT molecular complexity index is 451. The third-order valence-corrected chi connectivity index (χ3v) is 3.24. The van der Waals surface area contributed by atoms with E-state index in [-0.39, 0.29) is 5.60 Å². The second-order valence-corrected chi connectivity index (χ2v) is 5.56. The highest BCUT2D eigenvalue weighted by Crippen LogP contribution is 2.40. The van der Waals surface area contributed by atoms with Crippen LogP contribution in [0.4, 0.5) is 0 Å². The minimum Gasteiger partial charge on any atom is -0.493 e. The van der Waals surface area contributed by atoms with E-state index in [1.165, 1.54) is 0 Å². The van der Waals surface area contributed by atoms with E-state index < -0.39 is 6.10 Å². The third-order valence-electron chi connectivity index (χ3n) is 3.24. The molecule has 0 amide bonds. The molecule has 1 aromatic rings. The molecule has 1 aromatic carbocycles. The van der Waals surface area contributed by atoms with E-state index in [0.717, 1.165) is 29.9 Å². The first kappa shape index (κ1) is 13.9. The fourth-order valence-electron chi connectivity index (χ4n) is 2.30. The van der Waals surface area contributed by atoms with Crippen LogP contribution in [-0.2, 0) is 0 Å². The number of ether oxygens (including phenoxy) is 2. The largest absolute Gasteiger partial charge is 0.493 e. The Morgan fingerprint density at radius 2 is 2.32 bits per heavy atom. The molecule has 1 N–H and O–H groups in total. The molecule has 0 fully saturated rings. The van der Waals surface area contributed by atoms with Crippen LogP contribution in [0.5, 0.6) is 11.5 Å². The van der Waals surface area contributed by atoms with Gasteiger partial charge in [0, 0.05) is 18.1 Å². The van der Waals surface area contributed by atoms with Gasteiger partial charge in [0.15, 0.2) is 0 Å². The molecule has 3 heteroatoms. The summed E-state index contributed by atoms with van der Waals surface area (Å²) < 4.78 is 11.6. The first-order valence-corrected chi connectivity index (χ1v) is 6.76. The standard InChI is InChI=1S/C16H22O3/c1-4-5-6-9-18-12-7-8-13-14(17)11-16(2,3)19-15(13)10-12/h4,7-8,10,14,17H,1,5-6,9,11H2,2-3H3. The van der Waals surface area contributed by atoms with Crippen molar-refractivity contribution in [2.24, 2.45) is 0 Å². The number of unbranched alkanes of at least 4 members (excludes halogenated alkanes) is 1. The molecule has 0 aliphatic carbocycles. The van der Waals surface area contributed by atoms with Crippen LogP contribution in [0.15, 0.2) is 30.9 Å². The van der Waals surface area contributed by atoms with Gasteiger partial charge < -0.3 is 14.6 Å². The number of benzene rings is 1. The Morgan fingerprint density at radius 1 is 1.53 bits per heavy atom. The Hall–Kier alpha value is -1.48. The van der Waals surface area contributed by atoms with Gasteiger partial charge in [-0.05, 0) is 38.8 Å². The molecule has 1 atom stereocenters. The van der Waals surface area contributed by atoms with Crippen LogP contribution in [0, 0.1) is 0 Å². The maximum atomic E-state index is 10.1. The summed E-state index contributed by atoms with van der Waals surface area (Å²) in [6, 6.07) is 5.64. The molecule has 1 aliphatic rings. The molecule has 1 unspecified atom stereocenters. The molecule has 0 radical (unpaired) electrons. The highest BCUT2D eigenvalue weighted by molar-refractivity contribution is 5.43. The van der Waals surface area contributed by atoms with Gasteiger partial charge in [0.25, 0.3) is 0 Å². The molecule has 104 valence electrons. The van der Waals surface area contributed by atoms with Crippen molar-refractivity contribution >= 4 is 0 Å². The van der Waals surface area contributed by atoms with Gasteiger partial charge in [-0.25, -0.2) is 0 Å². The Balaban J connectivity index is 2.08. The Kier molecular flexibility index (Phi) is 4.15. The first-order valence-electron chi connectivity index (χ1n) is 6.76. The summed E-state index contributed by atoms with van der Waals surface area (Å²) in [4.78, 5) is 0. The van der Waals surface area contributed by atoms with E-state index in [0.29, 0.717) is 13.0 Å². The van der Waals surface area contributed by atoms with Crippen LogP contribution >= 0.6 is 0 Å². The fraction of sp³-hybridized carbons (Fsp3) is 0.500. The first-order chi connectivity index (χ1) is 9.02. The number of rotatable bonds is 5. The zero-order valence-electron chi connectivity index (χ0n) is 11.7. The highest BCUT2D eigenvalue weighted by atomic mass is 16.5. The summed E-state index contributed by atoms with van der Waals surface area (Å²) in [5.74, 6) is 1.51. The Labute approximate surface area is 114 Å². The molecule has 0 saturated carbocycles. The zero-order valence-corrected chi connectivity index (χ0v) is 11.7. The summed E-state index contributed by atoms with van der Waals surface area (Å²) in [5, 5.41) is 10.1. The number of aliphatic hydroxyl groups excluding tert-OH is 1. The topological polar surface area (TPSA) is 38.7 Å². The second-order valence-electron chi connectivity index (χ2n) is 5.56. The highest BCUT2D eigenvalue weighted by Gasteiger charge is 2.32. The summed E-state index contributed by atoms with van der Waals surface area (Å²) in [5.41, 5.74) is 0.506. The van der Waals surface area contributed by atoms with E-state index in [1.54, 1.807) is 0 Å². The molecule has 1 aliphatic heterocycles. The third kappa shape index (κ3) is 3.51. The normalized spacial score (nSPS) is 20.3. The molecule has 0 bridgehead atoms. The van der Waals surface area contributed by atoms with E-state index in [4.69, 9.17) is 9.47 Å². The summed E-state index contributed by atoms with van der Waals surface area (Å²) in [7, 11) is 0. The van der Waals surface area contributed by atoms with Gasteiger partial charge in [0.1, 0.15) is 17.1 Å². The summed E-state index contributed by atoms with van der Waals surface area (Å²) in [6.45, 7) is 8.31. The minimum absolute atomic E-state index is 0.339. The van der Waals surface area contributed by atoms with Crippen LogP contribution in [-0.4, -0.2) is 17.3 Å². The molecular weight excluding hydrogens is 240 g/mol. The lowest BCUT2D eigenvalue weighted by Crippen LogP contribution is -2.34. The average molecular weight is 262 g/mol. The van der Waals surface area contributed by atoms with E-state index in [9.17, 15) is 5.11 Å². The van der Waals surface area contributed by atoms with Crippen LogP contribution < -0.4 is 9.47 Å². The smallest absolute Gasteiger partial charge is 0.129 e. The molecule has 2 rings (SSSR count). The molecule has 0 spiro atoms. The van der Waals surface area contributed by atoms with Crippen LogP contribution in [0.3, 0.4) is 0 Å². The number of fused-ring (bicyclic) bond motifs is 1. The van der Waals surface area contributed by atoms with Crippen molar-refractivity contribution in [2.75, 3.05) is 6.61 Å². The van der Waals surface area contributed by atoms with Crippen LogP contribution in [0.25, 0.3) is 0 Å². The van der Waals surface area contributed by atoms with Crippen molar-refractivity contribution in [1.82, 2.24) is 0 Å². The molecule has 19 heavy (non-hydrogen) atoms. The number of hydrogen-bond donors (Lipinski definition) is 1. The lowest BCUT2D eigenvalue weighted by Gasteiger charge is -2.35. The van der Waals surface area contributed by atoms with Crippen molar-refractivity contribution in [3.8, 4) is 11.5 Å². The molecule has 0 aromatic heterocycles. The van der Waals surface area contributed by atoms with Gasteiger partial charge in [-0.15, -0.1) is 6.58 Å². The van der Waals surface area contributed by atoms with Gasteiger partial charge in [-0.2, -0.15) is 0 Å². The van der Waals surface area contributed by atoms with E-state index in [2.05, 4.69) is 6.58 Å². The number of aliphatic hydroxyl groups is 1. The quantitative estimate of drug-likeness (QED) is 0.650. The maximum Gasteiger partial charge on any atom is 0.129 e. The van der Waals surface area contributed by atoms with Gasteiger partial charge in [-0.1, -0.05) is 6.08 Å². The van der Waals surface area contributed by atoms with Crippen LogP contribution in [0.2, 0.25) is 0 Å². The van der Waals surface area contributed by atoms with Crippen molar-refractivity contribution in [1.29, 1.82) is 0 Å². The van der Waals surface area contributed by atoms with Gasteiger partial charge in [-0.3, -0.25) is 0 Å². The van der Waals surface area contributed by atoms with Crippen LogP contribution in [0.1, 0.15) is 44.8 Å². The monoisotopic (exact) mass is 262 g/mol. The van der Waals surface area contributed by atoms with E-state index >= 15 is 0 Å². The summed E-state index contributed by atoms with van der Waals surface area (Å²) in [6.07, 6.45) is 3.94. The SMILES string of the molecule is C=CCCCOc1ccc2c(c1)OC(C)(C)CC2O. The molecule has 0 saturated heterocycles. The predicted molar refractivity (Wildman–Crippen MR) is 75.7 cm³/mol. The van der Waals surface area contributed by atoms with Crippen molar-refractivity contribution < 1.29 is 14.6 Å². The van der Waals surface area contributed by atoms with Crippen molar-refractivity contribution in [3.63, 3.8) is 0 Å². The lowest BCUT2D eigenvalue weighted by molar-refractivity contribution is 0.0113. The van der Waals surface area contributed by atoms with Gasteiger partial charge in [0.05, 0.1) is 12.7 Å². The van der Waals surface area contributed by atoms with Crippen molar-refractivity contribution in [3.05, 3.63) is 36.4 Å². The number of hydrogen-bond acceptors (Lipinski definition) is 3. The minimum atomic E-state index is -0.464. The van der Waals surface area contributed by atoms with Gasteiger partial charge >= 0.3 is 0 Å². The summed E-state index contributed by atoms with van der Waals surface area (Å²) >= 11 is 0. The predicted octanol–water partition coefficient (Wildman–Crippen LogP) is 3.63. The van der Waals surface area contributed by atoms with E-state index in [1.807, 2.05) is 38.1 Å². The maximum absolute atomic E-state index is 10.1. The second kappa shape index (κ2) is 5.66. The zero-order chi connectivity index (χ0) is 13.9. The Morgan fingerprint density at radius 3 is 3.05 bits per heavy atom. The average Bonchev–Trinajstić information content (AvgIpc) is 2.32.